The first-order valence-corrected chi connectivity index (χ1v) is 5.15. The van der Waals surface area contributed by atoms with Crippen LogP contribution in [0.5, 0.6) is 0 Å². The fraction of sp³-hybridized carbons (Fsp3) is 0.455. The van der Waals surface area contributed by atoms with Crippen molar-refractivity contribution >= 4 is 11.6 Å². The second-order valence-corrected chi connectivity index (χ2v) is 4.15. The second-order valence-electron chi connectivity index (χ2n) is 3.71. The van der Waals surface area contributed by atoms with Gasteiger partial charge in [0.1, 0.15) is 0 Å². The Morgan fingerprint density at radius 1 is 1.31 bits per heavy atom. The Morgan fingerprint density at radius 3 is 2.46 bits per heavy atom. The molecule has 1 aliphatic carbocycles. The molecule has 0 aliphatic heterocycles. The second kappa shape index (κ2) is 3.69. The quantitative estimate of drug-likeness (QED) is 0.782. The summed E-state index contributed by atoms with van der Waals surface area (Å²) in [6.45, 7) is 2.20. The Hall–Kier alpha value is -0.530. The minimum Gasteiger partial charge on any atom is -0.307 e. The topological polar surface area (TPSA) is 12.0 Å². The van der Waals surface area contributed by atoms with Gasteiger partial charge in [0.25, 0.3) is 0 Å². The largest absolute Gasteiger partial charge is 0.307 e. The van der Waals surface area contributed by atoms with Crippen molar-refractivity contribution in [1.29, 1.82) is 0 Å². The monoisotopic (exact) mass is 195 g/mol. The van der Waals surface area contributed by atoms with Gasteiger partial charge in [-0.3, -0.25) is 0 Å². The van der Waals surface area contributed by atoms with Gasteiger partial charge < -0.3 is 5.32 Å². The number of benzene rings is 1. The highest BCUT2D eigenvalue weighted by Gasteiger charge is 2.22. The van der Waals surface area contributed by atoms with Gasteiger partial charge in [-0.15, -0.1) is 0 Å². The van der Waals surface area contributed by atoms with Crippen molar-refractivity contribution in [1.82, 2.24) is 5.32 Å². The third-order valence-corrected chi connectivity index (χ3v) is 2.69. The summed E-state index contributed by atoms with van der Waals surface area (Å²) >= 11 is 5.81. The molecule has 1 aromatic rings. The standard InChI is InChI=1S/C11H14ClN/c1-8(13-11-6-7-11)9-2-4-10(12)5-3-9/h2-5,8,11,13H,6-7H2,1H3/t8-/m0/s1. The number of hydrogen-bond acceptors (Lipinski definition) is 1. The Morgan fingerprint density at radius 2 is 1.92 bits per heavy atom. The number of rotatable bonds is 3. The molecule has 1 aromatic carbocycles. The third-order valence-electron chi connectivity index (χ3n) is 2.43. The molecule has 2 heteroatoms. The summed E-state index contributed by atoms with van der Waals surface area (Å²) in [6, 6.07) is 9.27. The summed E-state index contributed by atoms with van der Waals surface area (Å²) in [5.41, 5.74) is 1.32. The summed E-state index contributed by atoms with van der Waals surface area (Å²) in [6.07, 6.45) is 2.66. The lowest BCUT2D eigenvalue weighted by Crippen LogP contribution is -2.20. The van der Waals surface area contributed by atoms with E-state index < -0.39 is 0 Å². The van der Waals surface area contributed by atoms with Gasteiger partial charge in [0.05, 0.1) is 0 Å². The van der Waals surface area contributed by atoms with Crippen LogP contribution in [0.15, 0.2) is 24.3 Å². The Labute approximate surface area is 84.1 Å². The van der Waals surface area contributed by atoms with Crippen molar-refractivity contribution < 1.29 is 0 Å². The maximum Gasteiger partial charge on any atom is 0.0406 e. The third kappa shape index (κ3) is 2.45. The van der Waals surface area contributed by atoms with E-state index in [1.165, 1.54) is 18.4 Å². The maximum atomic E-state index is 5.81. The van der Waals surface area contributed by atoms with Gasteiger partial charge in [-0.25, -0.2) is 0 Å². The Balaban J connectivity index is 2.01. The van der Waals surface area contributed by atoms with Crippen LogP contribution in [0, 0.1) is 0 Å². The van der Waals surface area contributed by atoms with Crippen LogP contribution < -0.4 is 5.32 Å². The molecule has 0 bridgehead atoms. The van der Waals surface area contributed by atoms with Crippen LogP contribution in [-0.2, 0) is 0 Å². The molecule has 1 fully saturated rings. The molecular formula is C11H14ClN. The lowest BCUT2D eigenvalue weighted by molar-refractivity contribution is 0.571. The van der Waals surface area contributed by atoms with Crippen molar-refractivity contribution in [2.75, 3.05) is 0 Å². The first-order valence-electron chi connectivity index (χ1n) is 4.77. The molecule has 70 valence electrons. The van der Waals surface area contributed by atoms with E-state index in [-0.39, 0.29) is 0 Å². The van der Waals surface area contributed by atoms with Crippen LogP contribution in [0.1, 0.15) is 31.4 Å². The van der Waals surface area contributed by atoms with Crippen LogP contribution in [-0.4, -0.2) is 6.04 Å². The molecule has 0 amide bonds. The average Bonchev–Trinajstić information content (AvgIpc) is 2.89. The summed E-state index contributed by atoms with van der Waals surface area (Å²) in [5.74, 6) is 0. The van der Waals surface area contributed by atoms with Gasteiger partial charge in [0.15, 0.2) is 0 Å². The molecule has 1 nitrogen and oxygen atoms in total. The number of nitrogens with one attached hydrogen (secondary N) is 1. The van der Waals surface area contributed by atoms with E-state index in [0.717, 1.165) is 11.1 Å². The van der Waals surface area contributed by atoms with Gasteiger partial charge in [0.2, 0.25) is 0 Å². The van der Waals surface area contributed by atoms with Crippen molar-refractivity contribution in [2.24, 2.45) is 0 Å². The lowest BCUT2D eigenvalue weighted by Gasteiger charge is -2.13. The first kappa shape index (κ1) is 9.04. The van der Waals surface area contributed by atoms with Gasteiger partial charge in [-0.1, -0.05) is 23.7 Å². The summed E-state index contributed by atoms with van der Waals surface area (Å²) < 4.78 is 0. The molecule has 0 aromatic heterocycles. The fourth-order valence-electron chi connectivity index (χ4n) is 1.45. The maximum absolute atomic E-state index is 5.81. The van der Waals surface area contributed by atoms with E-state index in [2.05, 4.69) is 24.4 Å². The zero-order valence-electron chi connectivity index (χ0n) is 7.76. The molecular weight excluding hydrogens is 182 g/mol. The Kier molecular flexibility index (Phi) is 2.56. The Bertz CT molecular complexity index is 277. The van der Waals surface area contributed by atoms with E-state index in [9.17, 15) is 0 Å². The van der Waals surface area contributed by atoms with Crippen LogP contribution in [0.3, 0.4) is 0 Å². The summed E-state index contributed by atoms with van der Waals surface area (Å²) in [5, 5.41) is 4.35. The molecule has 0 unspecified atom stereocenters. The predicted octanol–water partition coefficient (Wildman–Crippen LogP) is 3.15. The summed E-state index contributed by atoms with van der Waals surface area (Å²) in [7, 11) is 0. The smallest absolute Gasteiger partial charge is 0.0406 e. The van der Waals surface area contributed by atoms with Crippen LogP contribution in [0.4, 0.5) is 0 Å². The molecule has 2 rings (SSSR count). The van der Waals surface area contributed by atoms with Crippen molar-refractivity contribution in [3.63, 3.8) is 0 Å². The van der Waals surface area contributed by atoms with Crippen LogP contribution >= 0.6 is 11.6 Å². The first-order chi connectivity index (χ1) is 6.25. The number of hydrogen-bond donors (Lipinski definition) is 1. The van der Waals surface area contributed by atoms with Crippen molar-refractivity contribution in [3.8, 4) is 0 Å². The summed E-state index contributed by atoms with van der Waals surface area (Å²) in [4.78, 5) is 0. The van der Waals surface area contributed by atoms with Gasteiger partial charge >= 0.3 is 0 Å². The molecule has 0 radical (unpaired) electrons. The lowest BCUT2D eigenvalue weighted by atomic mass is 10.1. The molecule has 1 atom stereocenters. The van der Waals surface area contributed by atoms with E-state index in [1.807, 2.05) is 12.1 Å². The fourth-order valence-corrected chi connectivity index (χ4v) is 1.58. The SMILES string of the molecule is C[C@H](NC1CC1)c1ccc(Cl)cc1. The molecule has 1 N–H and O–H groups in total. The molecule has 13 heavy (non-hydrogen) atoms. The van der Waals surface area contributed by atoms with Crippen molar-refractivity contribution in [2.45, 2.75) is 31.8 Å². The minimum absolute atomic E-state index is 0.449. The van der Waals surface area contributed by atoms with Gasteiger partial charge in [-0.2, -0.15) is 0 Å². The number of halogens is 1. The minimum atomic E-state index is 0.449. The highest BCUT2D eigenvalue weighted by Crippen LogP contribution is 2.24. The van der Waals surface area contributed by atoms with E-state index in [0.29, 0.717) is 6.04 Å². The molecule has 1 saturated carbocycles. The van der Waals surface area contributed by atoms with E-state index in [1.54, 1.807) is 0 Å². The zero-order valence-corrected chi connectivity index (χ0v) is 8.51. The zero-order chi connectivity index (χ0) is 9.26. The normalized spacial score (nSPS) is 18.6. The average molecular weight is 196 g/mol. The van der Waals surface area contributed by atoms with E-state index >= 15 is 0 Å². The van der Waals surface area contributed by atoms with Crippen LogP contribution in [0.2, 0.25) is 5.02 Å². The molecule has 0 saturated heterocycles. The van der Waals surface area contributed by atoms with E-state index in [4.69, 9.17) is 11.6 Å². The van der Waals surface area contributed by atoms with Crippen LogP contribution in [0.25, 0.3) is 0 Å². The predicted molar refractivity (Wildman–Crippen MR) is 56.0 cm³/mol. The highest BCUT2D eigenvalue weighted by molar-refractivity contribution is 6.30. The molecule has 1 aliphatic rings. The van der Waals surface area contributed by atoms with Crippen molar-refractivity contribution in [3.05, 3.63) is 34.9 Å². The highest BCUT2D eigenvalue weighted by atomic mass is 35.5. The molecule has 0 spiro atoms. The van der Waals surface area contributed by atoms with Gasteiger partial charge in [-0.05, 0) is 37.5 Å². The molecule has 0 heterocycles. The van der Waals surface area contributed by atoms with Gasteiger partial charge in [0, 0.05) is 17.1 Å².